The molecule has 0 atom stereocenters. The van der Waals surface area contributed by atoms with Gasteiger partial charge in [-0.2, -0.15) is 5.10 Å². The predicted molar refractivity (Wildman–Crippen MR) is 88.5 cm³/mol. The van der Waals surface area contributed by atoms with Crippen molar-refractivity contribution in [3.63, 3.8) is 0 Å². The van der Waals surface area contributed by atoms with Crippen LogP contribution in [0.4, 0.5) is 0 Å². The zero-order valence-corrected chi connectivity index (χ0v) is 14.0. The summed E-state index contributed by atoms with van der Waals surface area (Å²) >= 11 is 0. The molecule has 0 saturated heterocycles. The lowest BCUT2D eigenvalue weighted by Crippen LogP contribution is -2.29. The van der Waals surface area contributed by atoms with Crippen LogP contribution in [0.15, 0.2) is 12.4 Å². The van der Waals surface area contributed by atoms with Gasteiger partial charge in [0.25, 0.3) is 5.91 Å². The number of pyridine rings is 1. The Morgan fingerprint density at radius 3 is 2.87 bits per heavy atom. The van der Waals surface area contributed by atoms with Crippen LogP contribution in [-0.4, -0.2) is 45.7 Å². The van der Waals surface area contributed by atoms with Crippen LogP contribution < -0.4 is 5.73 Å². The molecule has 0 fully saturated rings. The lowest BCUT2D eigenvalue weighted by molar-refractivity contribution is 0.0940. The van der Waals surface area contributed by atoms with E-state index in [9.17, 15) is 4.79 Å². The van der Waals surface area contributed by atoms with Gasteiger partial charge in [-0.3, -0.25) is 9.78 Å². The van der Waals surface area contributed by atoms with Crippen molar-refractivity contribution in [2.24, 2.45) is 5.73 Å². The van der Waals surface area contributed by atoms with Crippen molar-refractivity contribution >= 4 is 5.91 Å². The normalized spacial score (nSPS) is 14.8. The van der Waals surface area contributed by atoms with Crippen LogP contribution in [0.25, 0.3) is 0 Å². The molecule has 1 aliphatic rings. The SMILES string of the molecule is Cc1nn(C(=O)c2cncc3c2CCN(C)C3)c(C)c1CCN. The fourth-order valence-corrected chi connectivity index (χ4v) is 3.31. The van der Waals surface area contributed by atoms with Gasteiger partial charge in [0.1, 0.15) is 0 Å². The van der Waals surface area contributed by atoms with E-state index in [2.05, 4.69) is 22.0 Å². The second-order valence-electron chi connectivity index (χ2n) is 6.22. The van der Waals surface area contributed by atoms with Crippen LogP contribution in [-0.2, 0) is 19.4 Å². The first-order chi connectivity index (χ1) is 11.0. The smallest absolute Gasteiger partial charge is 0.280 e. The molecule has 0 bridgehead atoms. The van der Waals surface area contributed by atoms with Crippen molar-refractivity contribution < 1.29 is 4.79 Å². The third kappa shape index (κ3) is 2.80. The van der Waals surface area contributed by atoms with Crippen LogP contribution in [0.5, 0.6) is 0 Å². The van der Waals surface area contributed by atoms with Crippen LogP contribution in [0.1, 0.15) is 38.4 Å². The lowest BCUT2D eigenvalue weighted by Gasteiger charge is -2.25. The van der Waals surface area contributed by atoms with E-state index in [1.807, 2.05) is 20.0 Å². The molecule has 0 unspecified atom stereocenters. The van der Waals surface area contributed by atoms with E-state index >= 15 is 0 Å². The Hall–Kier alpha value is -2.05. The number of aromatic nitrogens is 3. The Labute approximate surface area is 136 Å². The van der Waals surface area contributed by atoms with E-state index in [-0.39, 0.29) is 5.91 Å². The number of likely N-dealkylation sites (N-methyl/N-ethyl adjacent to an activating group) is 1. The minimum absolute atomic E-state index is 0.0947. The highest BCUT2D eigenvalue weighted by Crippen LogP contribution is 2.23. The molecule has 3 heterocycles. The first-order valence-corrected chi connectivity index (χ1v) is 7.97. The van der Waals surface area contributed by atoms with Gasteiger partial charge in [-0.25, -0.2) is 4.68 Å². The zero-order valence-electron chi connectivity index (χ0n) is 14.0. The first-order valence-electron chi connectivity index (χ1n) is 7.97. The zero-order chi connectivity index (χ0) is 16.6. The fraction of sp³-hybridized carbons (Fsp3) is 0.471. The van der Waals surface area contributed by atoms with Gasteiger partial charge in [0.05, 0.1) is 11.3 Å². The Bertz CT molecular complexity index is 750. The van der Waals surface area contributed by atoms with Gasteiger partial charge in [-0.1, -0.05) is 0 Å². The molecule has 3 rings (SSSR count). The number of hydrogen-bond donors (Lipinski definition) is 1. The van der Waals surface area contributed by atoms with Crippen LogP contribution in [0.2, 0.25) is 0 Å². The third-order valence-corrected chi connectivity index (χ3v) is 4.59. The summed E-state index contributed by atoms with van der Waals surface area (Å²) in [5.41, 5.74) is 11.4. The molecule has 0 saturated carbocycles. The number of hydrogen-bond acceptors (Lipinski definition) is 5. The summed E-state index contributed by atoms with van der Waals surface area (Å²) in [5, 5.41) is 4.44. The van der Waals surface area contributed by atoms with E-state index in [1.165, 1.54) is 4.68 Å². The molecule has 2 aromatic rings. The molecule has 6 heteroatoms. The van der Waals surface area contributed by atoms with Gasteiger partial charge in [-0.15, -0.1) is 0 Å². The van der Waals surface area contributed by atoms with E-state index in [4.69, 9.17) is 5.73 Å². The number of carbonyl (C=O) groups is 1. The van der Waals surface area contributed by atoms with Crippen molar-refractivity contribution in [2.75, 3.05) is 20.1 Å². The summed E-state index contributed by atoms with van der Waals surface area (Å²) in [6.07, 6.45) is 5.14. The van der Waals surface area contributed by atoms with Gasteiger partial charge in [-0.05, 0) is 57.0 Å². The molecule has 1 aliphatic heterocycles. The van der Waals surface area contributed by atoms with E-state index in [1.54, 1.807) is 6.20 Å². The summed E-state index contributed by atoms with van der Waals surface area (Å²) < 4.78 is 1.51. The average Bonchev–Trinajstić information content (AvgIpc) is 2.82. The van der Waals surface area contributed by atoms with Crippen molar-refractivity contribution in [2.45, 2.75) is 33.2 Å². The van der Waals surface area contributed by atoms with E-state index in [0.717, 1.165) is 54.0 Å². The van der Waals surface area contributed by atoms with Gasteiger partial charge in [0.15, 0.2) is 0 Å². The molecule has 0 radical (unpaired) electrons. The second kappa shape index (κ2) is 6.22. The van der Waals surface area contributed by atoms with E-state index in [0.29, 0.717) is 12.1 Å². The molecule has 0 spiro atoms. The summed E-state index contributed by atoms with van der Waals surface area (Å²) in [7, 11) is 2.08. The Kier molecular flexibility index (Phi) is 4.28. The van der Waals surface area contributed by atoms with Gasteiger partial charge in [0, 0.05) is 31.2 Å². The minimum Gasteiger partial charge on any atom is -0.330 e. The van der Waals surface area contributed by atoms with E-state index < -0.39 is 0 Å². The molecule has 2 aromatic heterocycles. The summed E-state index contributed by atoms with van der Waals surface area (Å²) in [4.78, 5) is 19.5. The fourth-order valence-electron chi connectivity index (χ4n) is 3.31. The molecular weight excluding hydrogens is 290 g/mol. The van der Waals surface area contributed by atoms with Crippen molar-refractivity contribution in [1.29, 1.82) is 0 Å². The number of carbonyl (C=O) groups excluding carboxylic acids is 1. The monoisotopic (exact) mass is 313 g/mol. The van der Waals surface area contributed by atoms with Crippen molar-refractivity contribution in [3.05, 3.63) is 46.0 Å². The molecule has 0 aromatic carbocycles. The standard InChI is InChI=1S/C17H23N5O/c1-11-14(4-6-18)12(2)22(20-11)17(23)16-9-19-8-13-10-21(3)7-5-15(13)16/h8-9H,4-7,10,18H2,1-3H3. The molecule has 0 aliphatic carbocycles. The van der Waals surface area contributed by atoms with Gasteiger partial charge >= 0.3 is 0 Å². The Morgan fingerprint density at radius 2 is 2.13 bits per heavy atom. The van der Waals surface area contributed by atoms with Gasteiger partial charge in [0.2, 0.25) is 0 Å². The highest BCUT2D eigenvalue weighted by molar-refractivity contribution is 5.97. The average molecular weight is 313 g/mol. The maximum Gasteiger partial charge on any atom is 0.280 e. The highest BCUT2D eigenvalue weighted by atomic mass is 16.2. The molecule has 23 heavy (non-hydrogen) atoms. The molecule has 0 amide bonds. The maximum atomic E-state index is 13.0. The van der Waals surface area contributed by atoms with Crippen molar-refractivity contribution in [3.8, 4) is 0 Å². The largest absolute Gasteiger partial charge is 0.330 e. The molecule has 6 nitrogen and oxygen atoms in total. The quantitative estimate of drug-likeness (QED) is 0.917. The number of fused-ring (bicyclic) bond motifs is 1. The third-order valence-electron chi connectivity index (χ3n) is 4.59. The summed E-state index contributed by atoms with van der Waals surface area (Å²) in [6.45, 7) is 6.19. The predicted octanol–water partition coefficient (Wildman–Crippen LogP) is 1.07. The maximum absolute atomic E-state index is 13.0. The number of aryl methyl sites for hydroxylation is 1. The van der Waals surface area contributed by atoms with Crippen LogP contribution in [0, 0.1) is 13.8 Å². The van der Waals surface area contributed by atoms with Crippen molar-refractivity contribution in [1.82, 2.24) is 19.7 Å². The molecule has 122 valence electrons. The summed E-state index contributed by atoms with van der Waals surface area (Å²) in [5.74, 6) is -0.0947. The number of nitrogens with zero attached hydrogens (tertiary/aromatic N) is 4. The first kappa shape index (κ1) is 15.8. The summed E-state index contributed by atoms with van der Waals surface area (Å²) in [6, 6.07) is 0. The second-order valence-corrected chi connectivity index (χ2v) is 6.22. The lowest BCUT2D eigenvalue weighted by atomic mass is 9.97. The van der Waals surface area contributed by atoms with Crippen LogP contribution >= 0.6 is 0 Å². The number of rotatable bonds is 3. The Morgan fingerprint density at radius 1 is 1.35 bits per heavy atom. The number of nitrogens with two attached hydrogens (primary N) is 1. The minimum atomic E-state index is -0.0947. The topological polar surface area (TPSA) is 77.0 Å². The van der Waals surface area contributed by atoms with Gasteiger partial charge < -0.3 is 10.6 Å². The van der Waals surface area contributed by atoms with Crippen LogP contribution in [0.3, 0.4) is 0 Å². The molecular formula is C17H23N5O. The Balaban J connectivity index is 2.02. The molecule has 2 N–H and O–H groups in total. The highest BCUT2D eigenvalue weighted by Gasteiger charge is 2.24.